The van der Waals surface area contributed by atoms with E-state index in [9.17, 15) is 4.39 Å². The van der Waals surface area contributed by atoms with E-state index in [1.54, 1.807) is 12.3 Å². The molecule has 0 radical (unpaired) electrons. The van der Waals surface area contributed by atoms with Crippen LogP contribution in [0.3, 0.4) is 0 Å². The molecule has 5 rings (SSSR count). The number of rotatable bonds is 4. The number of nitrogens with one attached hydrogen (secondary N) is 2. The molecule has 3 aromatic rings. The normalized spacial score (nSPS) is 18.5. The highest BCUT2D eigenvalue weighted by atomic mass is 35.5. The van der Waals surface area contributed by atoms with E-state index in [-0.39, 0.29) is 5.02 Å². The summed E-state index contributed by atoms with van der Waals surface area (Å²) in [7, 11) is 0. The molecule has 0 unspecified atom stereocenters. The Balaban J connectivity index is 1.31. The lowest BCUT2D eigenvalue weighted by molar-refractivity contribution is 0.153. The second-order valence-electron chi connectivity index (χ2n) is 7.89. The summed E-state index contributed by atoms with van der Waals surface area (Å²) in [5.74, 6) is 0.773. The van der Waals surface area contributed by atoms with Crippen molar-refractivity contribution in [3.8, 4) is 0 Å². The van der Waals surface area contributed by atoms with Crippen LogP contribution in [0.15, 0.2) is 30.7 Å². The molecule has 2 aromatic heterocycles. The van der Waals surface area contributed by atoms with Crippen LogP contribution in [0.25, 0.3) is 11.0 Å². The fourth-order valence-corrected chi connectivity index (χ4v) is 4.44. The maximum Gasteiger partial charge on any atom is 0.227 e. The first kappa shape index (κ1) is 20.3. The van der Waals surface area contributed by atoms with Crippen LogP contribution in [0, 0.1) is 5.82 Å². The van der Waals surface area contributed by atoms with Crippen LogP contribution in [0.1, 0.15) is 12.8 Å². The summed E-state index contributed by atoms with van der Waals surface area (Å²) in [6.45, 7) is 6.07. The molecule has 0 atom stereocenters. The highest BCUT2D eigenvalue weighted by Gasteiger charge is 2.26. The monoisotopic (exact) mass is 442 g/mol. The first-order valence-electron chi connectivity index (χ1n) is 10.6. The van der Waals surface area contributed by atoms with E-state index in [1.807, 2.05) is 0 Å². The minimum absolute atomic E-state index is 0.0468. The molecule has 0 aliphatic carbocycles. The van der Waals surface area contributed by atoms with E-state index in [4.69, 9.17) is 11.6 Å². The quantitative estimate of drug-likeness (QED) is 0.638. The topological polar surface area (TPSA) is 82.1 Å². The minimum atomic E-state index is -0.465. The second-order valence-corrected chi connectivity index (χ2v) is 8.29. The van der Waals surface area contributed by atoms with Crippen LogP contribution < -0.4 is 15.5 Å². The third-order valence-corrected chi connectivity index (χ3v) is 6.27. The highest BCUT2D eigenvalue weighted by molar-refractivity contribution is 6.31. The zero-order valence-electron chi connectivity index (χ0n) is 17.1. The van der Waals surface area contributed by atoms with Gasteiger partial charge < -0.3 is 15.5 Å². The molecule has 10 heteroatoms. The van der Waals surface area contributed by atoms with E-state index in [2.05, 4.69) is 40.4 Å². The lowest BCUT2D eigenvalue weighted by atomic mass is 10.0. The lowest BCUT2D eigenvalue weighted by Gasteiger charge is -2.40. The fourth-order valence-electron chi connectivity index (χ4n) is 4.26. The van der Waals surface area contributed by atoms with Gasteiger partial charge in [0.05, 0.1) is 10.4 Å². The molecule has 4 heterocycles. The van der Waals surface area contributed by atoms with Gasteiger partial charge in [0.1, 0.15) is 18.0 Å². The van der Waals surface area contributed by atoms with Gasteiger partial charge in [0.15, 0.2) is 5.65 Å². The number of fused-ring (bicyclic) bond motifs is 1. The van der Waals surface area contributed by atoms with Crippen LogP contribution in [-0.4, -0.2) is 70.1 Å². The van der Waals surface area contributed by atoms with Crippen molar-refractivity contribution in [2.45, 2.75) is 18.9 Å². The Morgan fingerprint density at radius 1 is 1.06 bits per heavy atom. The Kier molecular flexibility index (Phi) is 5.80. The summed E-state index contributed by atoms with van der Waals surface area (Å²) < 4.78 is 13.4. The van der Waals surface area contributed by atoms with Crippen LogP contribution >= 0.6 is 11.6 Å². The van der Waals surface area contributed by atoms with Crippen LogP contribution in [-0.2, 0) is 0 Å². The molecule has 1 aromatic carbocycles. The number of anilines is 3. The minimum Gasteiger partial charge on any atom is -0.339 e. The third kappa shape index (κ3) is 4.39. The van der Waals surface area contributed by atoms with Gasteiger partial charge in [0.25, 0.3) is 0 Å². The van der Waals surface area contributed by atoms with Crippen molar-refractivity contribution in [3.63, 3.8) is 0 Å². The average Bonchev–Trinajstić information content (AvgIpc) is 2.82. The molecule has 2 aliphatic rings. The molecule has 0 bridgehead atoms. The Morgan fingerprint density at radius 3 is 2.65 bits per heavy atom. The summed E-state index contributed by atoms with van der Waals surface area (Å²) in [6.07, 6.45) is 5.64. The second kappa shape index (κ2) is 8.86. The summed E-state index contributed by atoms with van der Waals surface area (Å²) >= 11 is 5.88. The molecule has 2 saturated heterocycles. The Labute approximate surface area is 184 Å². The predicted molar refractivity (Wildman–Crippen MR) is 119 cm³/mol. The smallest absolute Gasteiger partial charge is 0.227 e. The van der Waals surface area contributed by atoms with Crippen molar-refractivity contribution in [3.05, 3.63) is 41.6 Å². The predicted octanol–water partition coefficient (Wildman–Crippen LogP) is 2.83. The molecule has 0 saturated carbocycles. The number of benzene rings is 1. The first-order chi connectivity index (χ1) is 15.2. The van der Waals surface area contributed by atoms with E-state index in [1.165, 1.54) is 31.3 Å². The Hall–Kier alpha value is -2.62. The van der Waals surface area contributed by atoms with Gasteiger partial charge in [-0.05, 0) is 44.1 Å². The largest absolute Gasteiger partial charge is 0.339 e. The van der Waals surface area contributed by atoms with Gasteiger partial charge >= 0.3 is 0 Å². The number of hydrogen-bond acceptors (Lipinski definition) is 8. The SMILES string of the molecule is Fc1ccc(Nc2ncnc3nc(N4CCN(C5CCNCC5)CC4)ncc23)cc1Cl. The van der Waals surface area contributed by atoms with E-state index >= 15 is 0 Å². The third-order valence-electron chi connectivity index (χ3n) is 5.98. The lowest BCUT2D eigenvalue weighted by Crippen LogP contribution is -2.53. The number of piperidine rings is 1. The van der Waals surface area contributed by atoms with Gasteiger partial charge in [-0.2, -0.15) is 4.98 Å². The molecular weight excluding hydrogens is 419 g/mol. The number of hydrogen-bond donors (Lipinski definition) is 2. The highest BCUT2D eigenvalue weighted by Crippen LogP contribution is 2.26. The molecule has 31 heavy (non-hydrogen) atoms. The average molecular weight is 443 g/mol. The maximum absolute atomic E-state index is 13.4. The Bertz CT molecular complexity index is 1070. The van der Waals surface area contributed by atoms with Gasteiger partial charge in [0, 0.05) is 44.1 Å². The van der Waals surface area contributed by atoms with Crippen molar-refractivity contribution in [1.29, 1.82) is 0 Å². The summed E-state index contributed by atoms with van der Waals surface area (Å²) in [6, 6.07) is 5.11. The van der Waals surface area contributed by atoms with Gasteiger partial charge in [0.2, 0.25) is 5.95 Å². The van der Waals surface area contributed by atoms with Gasteiger partial charge in [-0.1, -0.05) is 11.6 Å². The van der Waals surface area contributed by atoms with Gasteiger partial charge in [-0.15, -0.1) is 0 Å². The van der Waals surface area contributed by atoms with Crippen molar-refractivity contribution in [2.75, 3.05) is 49.5 Å². The Morgan fingerprint density at radius 2 is 1.87 bits per heavy atom. The molecule has 162 valence electrons. The summed E-state index contributed by atoms with van der Waals surface area (Å²) in [5.41, 5.74) is 1.20. The van der Waals surface area contributed by atoms with Gasteiger partial charge in [-0.25, -0.2) is 19.3 Å². The first-order valence-corrected chi connectivity index (χ1v) is 10.9. The van der Waals surface area contributed by atoms with E-state index < -0.39 is 5.82 Å². The number of piperazine rings is 1. The molecule has 2 fully saturated rings. The van der Waals surface area contributed by atoms with Crippen LogP contribution in [0.4, 0.5) is 21.8 Å². The molecular formula is C21H24ClFN8. The molecule has 2 aliphatic heterocycles. The summed E-state index contributed by atoms with van der Waals surface area (Å²) in [4.78, 5) is 22.7. The molecule has 2 N–H and O–H groups in total. The zero-order chi connectivity index (χ0) is 21.2. The van der Waals surface area contributed by atoms with Crippen molar-refractivity contribution >= 4 is 40.1 Å². The van der Waals surface area contributed by atoms with Gasteiger partial charge in [-0.3, -0.25) is 4.90 Å². The molecule has 8 nitrogen and oxygen atoms in total. The number of halogens is 2. The van der Waals surface area contributed by atoms with Crippen LogP contribution in [0.2, 0.25) is 5.02 Å². The fraction of sp³-hybridized carbons (Fsp3) is 0.429. The number of nitrogens with zero attached hydrogens (tertiary/aromatic N) is 6. The van der Waals surface area contributed by atoms with Crippen molar-refractivity contribution in [1.82, 2.24) is 30.2 Å². The van der Waals surface area contributed by atoms with Crippen LogP contribution in [0.5, 0.6) is 0 Å². The van der Waals surface area contributed by atoms with E-state index in [0.717, 1.165) is 39.3 Å². The standard InChI is InChI=1S/C21H24ClFN8/c22-17-11-14(1-2-18(17)23)28-19-16-12-25-21(29-20(16)27-13-26-19)31-9-7-30(8-10-31)15-3-5-24-6-4-15/h1-2,11-13,15,24H,3-10H2,(H,25,26,27,28,29). The number of aromatic nitrogens is 4. The maximum atomic E-state index is 13.4. The zero-order valence-corrected chi connectivity index (χ0v) is 17.8. The van der Waals surface area contributed by atoms with Crippen molar-refractivity contribution < 1.29 is 4.39 Å². The summed E-state index contributed by atoms with van der Waals surface area (Å²) in [5, 5.41) is 7.32. The van der Waals surface area contributed by atoms with E-state index in [0.29, 0.717) is 34.5 Å². The van der Waals surface area contributed by atoms with Crippen molar-refractivity contribution in [2.24, 2.45) is 0 Å². The molecule has 0 spiro atoms. The molecule has 0 amide bonds.